The summed E-state index contributed by atoms with van der Waals surface area (Å²) in [4.78, 5) is 14.8. The Morgan fingerprint density at radius 2 is 1.91 bits per heavy atom. The van der Waals surface area contributed by atoms with Crippen LogP contribution in [-0.4, -0.2) is 41.6 Å². The molecule has 0 aliphatic rings. The predicted molar refractivity (Wildman–Crippen MR) is 64.2 cm³/mol. The van der Waals surface area contributed by atoms with Crippen molar-refractivity contribution in [1.29, 1.82) is 0 Å². The molecule has 0 aliphatic carbocycles. The van der Waals surface area contributed by atoms with Crippen LogP contribution in [0.25, 0.3) is 0 Å². The predicted octanol–water partition coefficient (Wildman–Crippen LogP) is 2.12. The molecule has 0 aliphatic heterocycles. The Labute approximate surface area is 126 Å². The molecule has 1 heterocycles. The topological polar surface area (TPSA) is 71.5 Å². The highest BCUT2D eigenvalue weighted by Gasteiger charge is 2.32. The molecule has 2 N–H and O–H groups in total. The summed E-state index contributed by atoms with van der Waals surface area (Å²) < 4.78 is 75.9. The van der Waals surface area contributed by atoms with Gasteiger partial charge in [0.25, 0.3) is 5.91 Å². The molecule has 1 amide bonds. The van der Waals surface area contributed by atoms with Crippen LogP contribution in [-0.2, 0) is 10.9 Å². The number of pyridine rings is 1. The number of rotatable bonds is 6. The van der Waals surface area contributed by atoms with E-state index in [4.69, 9.17) is 5.11 Å². The number of aliphatic hydroxyl groups is 1. The zero-order valence-corrected chi connectivity index (χ0v) is 11.4. The summed E-state index contributed by atoms with van der Waals surface area (Å²) in [5.41, 5.74) is -1.42. The van der Waals surface area contributed by atoms with Crippen molar-refractivity contribution in [1.82, 2.24) is 10.3 Å². The third-order valence-corrected chi connectivity index (χ3v) is 2.60. The zero-order valence-electron chi connectivity index (χ0n) is 11.4. The molecule has 5 nitrogen and oxygen atoms in total. The molecule has 1 atom stereocenters. The van der Waals surface area contributed by atoms with Gasteiger partial charge in [0.2, 0.25) is 0 Å². The van der Waals surface area contributed by atoms with Gasteiger partial charge in [-0.25, -0.2) is 0 Å². The summed E-state index contributed by atoms with van der Waals surface area (Å²) in [5, 5.41) is 11.2. The van der Waals surface area contributed by atoms with Gasteiger partial charge in [-0.15, -0.1) is 13.2 Å². The van der Waals surface area contributed by atoms with Crippen LogP contribution in [0.4, 0.5) is 26.3 Å². The first-order chi connectivity index (χ1) is 10.5. The summed E-state index contributed by atoms with van der Waals surface area (Å²) in [6, 6.07) is 0.411. The van der Waals surface area contributed by atoms with E-state index >= 15 is 0 Å². The summed E-state index contributed by atoms with van der Waals surface area (Å²) >= 11 is 0. The first kappa shape index (κ1) is 19.2. The van der Waals surface area contributed by atoms with Gasteiger partial charge < -0.3 is 10.4 Å². The fraction of sp³-hybridized carbons (Fsp3) is 0.500. The second-order valence-electron chi connectivity index (χ2n) is 4.37. The standard InChI is InChI=1S/C12H12F6N2O3/c13-11(14,15)9-2-1-7(5-19-9)10(22)20-8(6-21)3-4-23-12(16,17)18/h1-2,5,8,21H,3-4,6H2,(H,20,22)/t8-/m0/s1. The molecular weight excluding hydrogens is 334 g/mol. The third-order valence-electron chi connectivity index (χ3n) is 2.60. The molecular formula is C12H12F6N2O3. The lowest BCUT2D eigenvalue weighted by Gasteiger charge is -2.17. The highest BCUT2D eigenvalue weighted by atomic mass is 19.4. The van der Waals surface area contributed by atoms with Crippen LogP contribution in [0.5, 0.6) is 0 Å². The van der Waals surface area contributed by atoms with Gasteiger partial charge in [0.15, 0.2) is 0 Å². The lowest BCUT2D eigenvalue weighted by Crippen LogP contribution is -2.38. The SMILES string of the molecule is O=C(N[C@H](CO)CCOC(F)(F)F)c1ccc(C(F)(F)F)nc1. The van der Waals surface area contributed by atoms with Crippen LogP contribution in [0.1, 0.15) is 22.5 Å². The summed E-state index contributed by atoms with van der Waals surface area (Å²) in [7, 11) is 0. The quantitative estimate of drug-likeness (QED) is 0.774. The van der Waals surface area contributed by atoms with Crippen molar-refractivity contribution in [3.63, 3.8) is 0 Å². The number of carbonyl (C=O) groups excluding carboxylic acids is 1. The number of alkyl halides is 6. The molecule has 11 heteroatoms. The van der Waals surface area contributed by atoms with Crippen LogP contribution < -0.4 is 5.32 Å². The third kappa shape index (κ3) is 6.82. The maximum atomic E-state index is 12.3. The van der Waals surface area contributed by atoms with Gasteiger partial charge in [0, 0.05) is 6.20 Å². The van der Waals surface area contributed by atoms with Crippen LogP contribution in [0.15, 0.2) is 18.3 Å². The van der Waals surface area contributed by atoms with Gasteiger partial charge in [-0.3, -0.25) is 14.5 Å². The molecule has 0 saturated carbocycles. The number of nitrogens with zero attached hydrogens (tertiary/aromatic N) is 1. The van der Waals surface area contributed by atoms with Crippen molar-refractivity contribution in [2.24, 2.45) is 0 Å². The molecule has 1 aromatic heterocycles. The Morgan fingerprint density at radius 3 is 2.35 bits per heavy atom. The normalized spacial score (nSPS) is 13.7. The van der Waals surface area contributed by atoms with Crippen molar-refractivity contribution in [3.8, 4) is 0 Å². The minimum Gasteiger partial charge on any atom is -0.394 e. The smallest absolute Gasteiger partial charge is 0.394 e. The van der Waals surface area contributed by atoms with Crippen molar-refractivity contribution < 1.29 is 41.0 Å². The lowest BCUT2D eigenvalue weighted by molar-refractivity contribution is -0.325. The Hall–Kier alpha value is -1.88. The van der Waals surface area contributed by atoms with E-state index in [1.807, 2.05) is 0 Å². The molecule has 0 fully saturated rings. The van der Waals surface area contributed by atoms with E-state index in [-0.39, 0.29) is 12.0 Å². The molecule has 0 saturated heterocycles. The summed E-state index contributed by atoms with van der Waals surface area (Å²) in [5.74, 6) is -0.878. The minimum absolute atomic E-state index is 0.229. The van der Waals surface area contributed by atoms with E-state index in [0.717, 1.165) is 6.07 Å². The first-order valence-corrected chi connectivity index (χ1v) is 6.18. The van der Waals surface area contributed by atoms with Gasteiger partial charge >= 0.3 is 12.5 Å². The fourth-order valence-electron chi connectivity index (χ4n) is 1.49. The average molecular weight is 346 g/mol. The zero-order chi connectivity index (χ0) is 17.7. The second kappa shape index (κ2) is 7.59. The maximum absolute atomic E-state index is 12.3. The van der Waals surface area contributed by atoms with E-state index in [1.165, 1.54) is 0 Å². The largest absolute Gasteiger partial charge is 0.522 e. The number of amides is 1. The fourth-order valence-corrected chi connectivity index (χ4v) is 1.49. The van der Waals surface area contributed by atoms with Crippen molar-refractivity contribution in [3.05, 3.63) is 29.6 Å². The molecule has 23 heavy (non-hydrogen) atoms. The summed E-state index contributed by atoms with van der Waals surface area (Å²) in [6.07, 6.45) is -9.15. The monoisotopic (exact) mass is 346 g/mol. The molecule has 0 aromatic carbocycles. The van der Waals surface area contributed by atoms with Crippen molar-refractivity contribution >= 4 is 5.91 Å². The maximum Gasteiger partial charge on any atom is 0.522 e. The summed E-state index contributed by atoms with van der Waals surface area (Å²) in [6.45, 7) is -1.46. The number of carbonyl (C=O) groups is 1. The van der Waals surface area contributed by atoms with E-state index in [2.05, 4.69) is 15.0 Å². The van der Waals surface area contributed by atoms with E-state index < -0.39 is 43.4 Å². The van der Waals surface area contributed by atoms with Gasteiger partial charge in [0.05, 0.1) is 24.8 Å². The lowest BCUT2D eigenvalue weighted by atomic mass is 10.2. The molecule has 0 bridgehead atoms. The molecule has 0 spiro atoms. The Kier molecular flexibility index (Phi) is 6.33. The minimum atomic E-state index is -4.83. The number of hydrogen-bond acceptors (Lipinski definition) is 4. The number of ether oxygens (including phenoxy) is 1. The molecule has 0 unspecified atom stereocenters. The molecule has 1 rings (SSSR count). The molecule has 130 valence electrons. The molecule has 1 aromatic rings. The van der Waals surface area contributed by atoms with Crippen LogP contribution in [0.3, 0.4) is 0 Å². The molecule has 0 radical (unpaired) electrons. The average Bonchev–Trinajstić information content (AvgIpc) is 2.44. The number of nitrogens with one attached hydrogen (secondary N) is 1. The Morgan fingerprint density at radius 1 is 1.26 bits per heavy atom. The van der Waals surface area contributed by atoms with E-state index in [1.54, 1.807) is 0 Å². The number of halogens is 6. The number of hydrogen-bond donors (Lipinski definition) is 2. The van der Waals surface area contributed by atoms with Gasteiger partial charge in [0.1, 0.15) is 5.69 Å². The van der Waals surface area contributed by atoms with Gasteiger partial charge in [-0.1, -0.05) is 0 Å². The second-order valence-corrected chi connectivity index (χ2v) is 4.37. The number of aromatic nitrogens is 1. The van der Waals surface area contributed by atoms with E-state index in [9.17, 15) is 31.1 Å². The van der Waals surface area contributed by atoms with Gasteiger partial charge in [-0.2, -0.15) is 13.2 Å². The van der Waals surface area contributed by atoms with Gasteiger partial charge in [-0.05, 0) is 18.6 Å². The highest BCUT2D eigenvalue weighted by Crippen LogP contribution is 2.27. The van der Waals surface area contributed by atoms with E-state index in [0.29, 0.717) is 12.3 Å². The first-order valence-electron chi connectivity index (χ1n) is 6.18. The van der Waals surface area contributed by atoms with Crippen molar-refractivity contribution in [2.75, 3.05) is 13.2 Å². The Bertz CT molecular complexity index is 515. The number of aliphatic hydroxyl groups excluding tert-OH is 1. The van der Waals surface area contributed by atoms with Crippen LogP contribution >= 0.6 is 0 Å². The Balaban J connectivity index is 2.59. The van der Waals surface area contributed by atoms with Crippen molar-refractivity contribution in [2.45, 2.75) is 25.0 Å². The highest BCUT2D eigenvalue weighted by molar-refractivity contribution is 5.94. The van der Waals surface area contributed by atoms with Crippen LogP contribution in [0, 0.1) is 0 Å². The van der Waals surface area contributed by atoms with Crippen LogP contribution in [0.2, 0.25) is 0 Å².